The van der Waals surface area contributed by atoms with Crippen LogP contribution in [0.2, 0.25) is 0 Å². The molecule has 1 aromatic carbocycles. The lowest BCUT2D eigenvalue weighted by Crippen LogP contribution is -2.47. The summed E-state index contributed by atoms with van der Waals surface area (Å²) in [6.45, 7) is 5.73. The molecule has 0 saturated carbocycles. The van der Waals surface area contributed by atoms with Crippen molar-refractivity contribution in [2.75, 3.05) is 44.2 Å². The van der Waals surface area contributed by atoms with Crippen LogP contribution in [0, 0.1) is 0 Å². The minimum Gasteiger partial charge on any atom is -0.461 e. The second-order valence-corrected chi connectivity index (χ2v) is 6.83. The Labute approximate surface area is 163 Å². The third-order valence-corrected chi connectivity index (χ3v) is 4.94. The van der Waals surface area contributed by atoms with E-state index in [-0.39, 0.29) is 11.6 Å². The average Bonchev–Trinajstić information content (AvgIpc) is 3.44. The average molecular weight is 380 g/mol. The first-order chi connectivity index (χ1) is 13.8. The number of furan rings is 1. The molecule has 0 unspecified atom stereocenters. The summed E-state index contributed by atoms with van der Waals surface area (Å²) in [5.41, 5.74) is 1.55. The van der Waals surface area contributed by atoms with Gasteiger partial charge < -0.3 is 19.2 Å². The molecule has 0 atom stereocenters. The van der Waals surface area contributed by atoms with Gasteiger partial charge >= 0.3 is 0 Å². The van der Waals surface area contributed by atoms with Crippen LogP contribution in [0.1, 0.15) is 16.9 Å². The maximum atomic E-state index is 12.2. The molecule has 2 aromatic heterocycles. The molecular formula is C21H24N4O3. The van der Waals surface area contributed by atoms with Crippen molar-refractivity contribution in [3.63, 3.8) is 0 Å². The van der Waals surface area contributed by atoms with Crippen LogP contribution in [0.25, 0.3) is 11.5 Å². The van der Waals surface area contributed by atoms with Crippen LogP contribution in [0.3, 0.4) is 0 Å². The number of anilines is 1. The van der Waals surface area contributed by atoms with E-state index in [4.69, 9.17) is 8.94 Å². The fraction of sp³-hybridized carbons (Fsp3) is 0.333. The molecule has 1 N–H and O–H groups in total. The highest BCUT2D eigenvalue weighted by Crippen LogP contribution is 2.20. The van der Waals surface area contributed by atoms with Crippen molar-refractivity contribution in [2.24, 2.45) is 0 Å². The van der Waals surface area contributed by atoms with Crippen molar-refractivity contribution in [3.8, 4) is 11.5 Å². The SMILES string of the molecule is O=C(NCCCN1CCN(c2ccccc2)CC1)c1cc(-c2ccco2)on1. The van der Waals surface area contributed by atoms with Gasteiger partial charge in [-0.15, -0.1) is 0 Å². The van der Waals surface area contributed by atoms with Gasteiger partial charge in [-0.25, -0.2) is 0 Å². The number of benzene rings is 1. The smallest absolute Gasteiger partial charge is 0.273 e. The second kappa shape index (κ2) is 8.75. The van der Waals surface area contributed by atoms with E-state index in [0.717, 1.165) is 39.1 Å². The first-order valence-corrected chi connectivity index (χ1v) is 9.61. The fourth-order valence-corrected chi connectivity index (χ4v) is 3.38. The van der Waals surface area contributed by atoms with Gasteiger partial charge in [-0.2, -0.15) is 0 Å². The fourth-order valence-electron chi connectivity index (χ4n) is 3.38. The van der Waals surface area contributed by atoms with Crippen molar-refractivity contribution < 1.29 is 13.7 Å². The number of hydrogen-bond donors (Lipinski definition) is 1. The summed E-state index contributed by atoms with van der Waals surface area (Å²) in [5.74, 6) is 0.781. The van der Waals surface area contributed by atoms with Gasteiger partial charge in [0.05, 0.1) is 6.26 Å². The van der Waals surface area contributed by atoms with Crippen molar-refractivity contribution in [1.29, 1.82) is 0 Å². The van der Waals surface area contributed by atoms with Crippen LogP contribution in [0.4, 0.5) is 5.69 Å². The molecule has 3 heterocycles. The molecular weight excluding hydrogens is 356 g/mol. The Morgan fingerprint density at radius 1 is 1.04 bits per heavy atom. The molecule has 7 heteroatoms. The van der Waals surface area contributed by atoms with Crippen LogP contribution in [-0.2, 0) is 0 Å². The van der Waals surface area contributed by atoms with Gasteiger partial charge in [0.15, 0.2) is 11.5 Å². The molecule has 0 spiro atoms. The minimum atomic E-state index is -0.226. The lowest BCUT2D eigenvalue weighted by atomic mass is 10.2. The van der Waals surface area contributed by atoms with Gasteiger partial charge in [0, 0.05) is 44.5 Å². The number of rotatable bonds is 7. The zero-order chi connectivity index (χ0) is 19.2. The van der Waals surface area contributed by atoms with Gasteiger partial charge in [-0.3, -0.25) is 9.69 Å². The maximum absolute atomic E-state index is 12.2. The van der Waals surface area contributed by atoms with Crippen LogP contribution >= 0.6 is 0 Å². The Kier molecular flexibility index (Phi) is 5.72. The number of nitrogens with one attached hydrogen (secondary N) is 1. The highest BCUT2D eigenvalue weighted by Gasteiger charge is 2.17. The summed E-state index contributed by atoms with van der Waals surface area (Å²) < 4.78 is 10.4. The van der Waals surface area contributed by atoms with Crippen LogP contribution in [0.15, 0.2) is 63.7 Å². The van der Waals surface area contributed by atoms with Crippen molar-refractivity contribution in [1.82, 2.24) is 15.4 Å². The molecule has 0 radical (unpaired) electrons. The van der Waals surface area contributed by atoms with E-state index in [1.807, 2.05) is 6.07 Å². The number of carbonyl (C=O) groups is 1. The van der Waals surface area contributed by atoms with E-state index in [9.17, 15) is 4.79 Å². The Morgan fingerprint density at radius 3 is 2.61 bits per heavy atom. The molecule has 1 saturated heterocycles. The molecule has 28 heavy (non-hydrogen) atoms. The first-order valence-electron chi connectivity index (χ1n) is 9.61. The molecule has 4 rings (SSSR count). The van der Waals surface area contributed by atoms with Crippen molar-refractivity contribution in [2.45, 2.75) is 6.42 Å². The van der Waals surface area contributed by atoms with Gasteiger partial charge in [0.1, 0.15) is 0 Å². The number of aromatic nitrogens is 1. The zero-order valence-corrected chi connectivity index (χ0v) is 15.7. The monoisotopic (exact) mass is 380 g/mol. The largest absolute Gasteiger partial charge is 0.461 e. The first kappa shape index (κ1) is 18.3. The van der Waals surface area contributed by atoms with Gasteiger partial charge in [0.2, 0.25) is 5.76 Å². The van der Waals surface area contributed by atoms with E-state index in [2.05, 4.69) is 44.5 Å². The quantitative estimate of drug-likeness (QED) is 0.636. The lowest BCUT2D eigenvalue weighted by Gasteiger charge is -2.36. The van der Waals surface area contributed by atoms with Crippen LogP contribution in [0.5, 0.6) is 0 Å². The summed E-state index contributed by atoms with van der Waals surface area (Å²) in [7, 11) is 0. The van der Waals surface area contributed by atoms with Gasteiger partial charge in [-0.1, -0.05) is 23.4 Å². The van der Waals surface area contributed by atoms with Crippen LogP contribution < -0.4 is 10.2 Å². The highest BCUT2D eigenvalue weighted by molar-refractivity contribution is 5.92. The molecule has 1 aliphatic rings. The molecule has 1 aliphatic heterocycles. The number of amides is 1. The Bertz CT molecular complexity index is 868. The highest BCUT2D eigenvalue weighted by atomic mass is 16.5. The standard InChI is InChI=1S/C21H24N4O3/c26-21(18-16-20(28-23-18)19-8-4-15-27-19)22-9-5-10-24-11-13-25(14-12-24)17-6-2-1-3-7-17/h1-4,6-8,15-16H,5,9-14H2,(H,22,26). The van der Waals surface area contributed by atoms with Crippen molar-refractivity contribution in [3.05, 3.63) is 60.5 Å². The van der Waals surface area contributed by atoms with Crippen LogP contribution in [-0.4, -0.2) is 55.2 Å². The molecule has 3 aromatic rings. The summed E-state index contributed by atoms with van der Waals surface area (Å²) >= 11 is 0. The van der Waals surface area contributed by atoms with Gasteiger partial charge in [-0.05, 0) is 37.2 Å². The molecule has 1 amide bonds. The van der Waals surface area contributed by atoms with E-state index < -0.39 is 0 Å². The molecule has 7 nitrogen and oxygen atoms in total. The molecule has 0 aliphatic carbocycles. The van der Waals surface area contributed by atoms with E-state index in [1.54, 1.807) is 24.5 Å². The minimum absolute atomic E-state index is 0.226. The predicted molar refractivity (Wildman–Crippen MR) is 106 cm³/mol. The van der Waals surface area contributed by atoms with E-state index in [0.29, 0.717) is 18.1 Å². The maximum Gasteiger partial charge on any atom is 0.273 e. The lowest BCUT2D eigenvalue weighted by molar-refractivity contribution is 0.0942. The summed E-state index contributed by atoms with van der Waals surface area (Å²) in [6, 6.07) is 15.6. The normalized spacial score (nSPS) is 14.9. The third-order valence-electron chi connectivity index (χ3n) is 4.94. The number of para-hydroxylation sites is 1. The topological polar surface area (TPSA) is 74.8 Å². The number of piperazine rings is 1. The third kappa shape index (κ3) is 4.43. The summed E-state index contributed by atoms with van der Waals surface area (Å²) in [5, 5.41) is 6.72. The number of hydrogen-bond acceptors (Lipinski definition) is 6. The molecule has 1 fully saturated rings. The second-order valence-electron chi connectivity index (χ2n) is 6.83. The number of carbonyl (C=O) groups excluding carboxylic acids is 1. The van der Waals surface area contributed by atoms with Crippen molar-refractivity contribution >= 4 is 11.6 Å². The zero-order valence-electron chi connectivity index (χ0n) is 15.7. The summed E-state index contributed by atoms with van der Waals surface area (Å²) in [4.78, 5) is 17.1. The van der Waals surface area contributed by atoms with Gasteiger partial charge in [0.25, 0.3) is 5.91 Å². The Balaban J connectivity index is 1.16. The predicted octanol–water partition coefficient (Wildman–Crippen LogP) is 2.88. The van der Waals surface area contributed by atoms with E-state index >= 15 is 0 Å². The molecule has 146 valence electrons. The Hall–Kier alpha value is -3.06. The molecule has 0 bridgehead atoms. The Morgan fingerprint density at radius 2 is 1.86 bits per heavy atom. The number of nitrogens with zero attached hydrogens (tertiary/aromatic N) is 3. The summed E-state index contributed by atoms with van der Waals surface area (Å²) in [6.07, 6.45) is 2.46. The van der Waals surface area contributed by atoms with E-state index in [1.165, 1.54) is 5.69 Å².